The van der Waals surface area contributed by atoms with Gasteiger partial charge in [-0.1, -0.05) is 60.7 Å². The fourth-order valence-corrected chi connectivity index (χ4v) is 11.6. The molecule has 8 rings (SSSR count). The highest BCUT2D eigenvalue weighted by Crippen LogP contribution is 2.63. The number of halogens is 3. The van der Waals surface area contributed by atoms with Crippen LogP contribution in [-0.2, 0) is 19.6 Å². The third-order valence-corrected chi connectivity index (χ3v) is 14.3. The Kier molecular flexibility index (Phi) is 9.01. The number of carbonyl (C=O) groups excluding carboxylic acids is 2. The predicted molar refractivity (Wildman–Crippen MR) is 201 cm³/mol. The first-order valence-electron chi connectivity index (χ1n) is 15.2. The molecule has 4 aliphatic rings. The minimum absolute atomic E-state index is 0.157. The average Bonchev–Trinajstić information content (AvgIpc) is 3.01. The maximum Gasteiger partial charge on any atom is 0.339 e. The van der Waals surface area contributed by atoms with E-state index in [0.717, 1.165) is 17.1 Å². The number of esters is 2. The van der Waals surface area contributed by atoms with E-state index in [9.17, 15) is 22.6 Å². The Morgan fingerprint density at radius 2 is 1.34 bits per heavy atom. The summed E-state index contributed by atoms with van der Waals surface area (Å²) in [6, 6.07) is 24.3. The molecule has 47 heavy (non-hydrogen) atoms. The van der Waals surface area contributed by atoms with Gasteiger partial charge in [-0.3, -0.25) is 4.79 Å². The summed E-state index contributed by atoms with van der Waals surface area (Å²) in [4.78, 5) is 27.6. The molecule has 4 bridgehead atoms. The van der Waals surface area contributed by atoms with Crippen molar-refractivity contribution in [1.82, 2.24) is 0 Å². The van der Waals surface area contributed by atoms with Crippen LogP contribution in [0.1, 0.15) is 48.9 Å². The third-order valence-electron chi connectivity index (χ3n) is 9.66. The Hall–Kier alpha value is -2.08. The van der Waals surface area contributed by atoms with Gasteiger partial charge in [0.05, 0.1) is 15.9 Å². The van der Waals surface area contributed by atoms with Crippen LogP contribution < -0.4 is 4.74 Å². The molecule has 0 heterocycles. The van der Waals surface area contributed by atoms with E-state index < -0.39 is 27.1 Å². The highest BCUT2D eigenvalue weighted by molar-refractivity contribution is 14.1. The van der Waals surface area contributed by atoms with E-state index in [1.807, 2.05) is 12.1 Å². The largest absolute Gasteiger partial charge is 0.744 e. The van der Waals surface area contributed by atoms with Crippen LogP contribution in [0.25, 0.3) is 22.3 Å². The van der Waals surface area contributed by atoms with Gasteiger partial charge in [-0.2, -0.15) is 0 Å². The van der Waals surface area contributed by atoms with E-state index in [0.29, 0.717) is 48.8 Å². The first-order valence-corrected chi connectivity index (χ1v) is 19.8. The highest BCUT2D eigenvalue weighted by atomic mass is 127. The second-order valence-corrected chi connectivity index (χ2v) is 17.8. The van der Waals surface area contributed by atoms with Crippen LogP contribution in [0.15, 0.2) is 89.8 Å². The molecule has 4 fully saturated rings. The normalized spacial score (nSPS) is 24.6. The van der Waals surface area contributed by atoms with Crippen molar-refractivity contribution in [3.8, 4) is 28.0 Å². The molecule has 4 aliphatic carbocycles. The molecule has 0 N–H and O–H groups in total. The van der Waals surface area contributed by atoms with Crippen molar-refractivity contribution in [3.05, 3.63) is 101 Å². The number of ether oxygens (including phenoxy) is 2. The van der Waals surface area contributed by atoms with Crippen molar-refractivity contribution in [2.45, 2.75) is 49.0 Å². The van der Waals surface area contributed by atoms with Crippen molar-refractivity contribution in [2.75, 3.05) is 0 Å². The van der Waals surface area contributed by atoms with Crippen molar-refractivity contribution in [1.29, 1.82) is 0 Å². The fraction of sp³-hybridized carbons (Fsp3) is 0.278. The SMILES string of the molecule is O=C(OC12CC3CC(C1)CC(C(=O)Oc1cc(-c4ccccc4)c(S(=O)(=O)[O-])c(-c4ccccc4)c1)(C3)C2)c1cc(I)cc(I)c1I. The molecule has 4 aromatic carbocycles. The summed E-state index contributed by atoms with van der Waals surface area (Å²) < 4.78 is 53.7. The molecule has 4 aromatic rings. The summed E-state index contributed by atoms with van der Waals surface area (Å²) in [7, 11) is -4.93. The molecule has 242 valence electrons. The van der Waals surface area contributed by atoms with Gasteiger partial charge in [0.25, 0.3) is 0 Å². The van der Waals surface area contributed by atoms with E-state index in [1.165, 1.54) is 12.1 Å². The van der Waals surface area contributed by atoms with Gasteiger partial charge in [0, 0.05) is 28.3 Å². The molecule has 0 spiro atoms. The topological polar surface area (TPSA) is 110 Å². The van der Waals surface area contributed by atoms with Crippen LogP contribution >= 0.6 is 67.8 Å². The van der Waals surface area contributed by atoms with Gasteiger partial charge in [-0.25, -0.2) is 13.2 Å². The van der Waals surface area contributed by atoms with E-state index >= 15 is 0 Å². The quantitative estimate of drug-likeness (QED) is 0.0599. The summed E-state index contributed by atoms with van der Waals surface area (Å²) in [5.41, 5.74) is 0.283. The molecule has 0 aliphatic heterocycles. The van der Waals surface area contributed by atoms with Crippen molar-refractivity contribution >= 4 is 89.8 Å². The summed E-state index contributed by atoms with van der Waals surface area (Å²) >= 11 is 6.61. The number of hydrogen-bond acceptors (Lipinski definition) is 7. The van der Waals surface area contributed by atoms with Crippen molar-refractivity contribution < 1.29 is 32.0 Å². The molecule has 2 unspecified atom stereocenters. The Morgan fingerprint density at radius 3 is 1.87 bits per heavy atom. The highest BCUT2D eigenvalue weighted by Gasteiger charge is 2.63. The fourth-order valence-electron chi connectivity index (χ4n) is 8.30. The van der Waals surface area contributed by atoms with Crippen LogP contribution in [0.4, 0.5) is 0 Å². The summed E-state index contributed by atoms with van der Waals surface area (Å²) in [5.74, 6) is -0.185. The van der Waals surface area contributed by atoms with Gasteiger partial charge < -0.3 is 14.0 Å². The first-order chi connectivity index (χ1) is 22.3. The third kappa shape index (κ3) is 6.51. The Labute approximate surface area is 314 Å². The van der Waals surface area contributed by atoms with Crippen LogP contribution in [0.2, 0.25) is 0 Å². The molecule has 0 saturated heterocycles. The zero-order chi connectivity index (χ0) is 33.1. The Balaban J connectivity index is 1.25. The standard InChI is InChI=1S/C36H29I3O7S/c37-25-12-29(31(39)30(38)13-25)33(40)46-36-18-21-11-22(19-36)17-35(16-21,20-36)34(41)45-26-14-27(23-7-3-1-4-8-23)32(47(42,43)44)28(15-26)24-9-5-2-6-10-24/h1-10,12-15,21-22H,11,16-20H2,(H,42,43,44)/p-1. The maximum atomic E-state index is 14.3. The smallest absolute Gasteiger partial charge is 0.339 e. The molecule has 11 heteroatoms. The van der Waals surface area contributed by atoms with Crippen molar-refractivity contribution in [3.63, 3.8) is 0 Å². The van der Waals surface area contributed by atoms with Gasteiger partial charge in [-0.05, 0) is 147 Å². The lowest BCUT2D eigenvalue weighted by atomic mass is 9.48. The number of benzene rings is 4. The maximum absolute atomic E-state index is 14.3. The van der Waals surface area contributed by atoms with E-state index in [1.54, 1.807) is 60.7 Å². The Morgan fingerprint density at radius 1 is 0.787 bits per heavy atom. The zero-order valence-electron chi connectivity index (χ0n) is 24.9. The van der Waals surface area contributed by atoms with Crippen LogP contribution in [0.5, 0.6) is 5.75 Å². The molecule has 0 aromatic heterocycles. The van der Waals surface area contributed by atoms with Crippen LogP contribution in [-0.4, -0.2) is 30.5 Å². The molecular formula is C36H28I3O7S-. The van der Waals surface area contributed by atoms with E-state index in [2.05, 4.69) is 67.8 Å². The summed E-state index contributed by atoms with van der Waals surface area (Å²) in [6.07, 6.45) is 4.08. The first kappa shape index (κ1) is 33.4. The molecule has 2 atom stereocenters. The van der Waals surface area contributed by atoms with Gasteiger partial charge in [0.2, 0.25) is 0 Å². The predicted octanol–water partition coefficient (Wildman–Crippen LogP) is 8.84. The van der Waals surface area contributed by atoms with Gasteiger partial charge in [-0.15, -0.1) is 0 Å². The lowest BCUT2D eigenvalue weighted by Gasteiger charge is -2.59. The number of rotatable bonds is 7. The second-order valence-electron chi connectivity index (χ2n) is 13.0. The molecular weight excluding hydrogens is 957 g/mol. The number of carbonyl (C=O) groups is 2. The minimum atomic E-state index is -4.93. The van der Waals surface area contributed by atoms with Gasteiger partial charge in [0.15, 0.2) is 0 Å². The average molecular weight is 985 g/mol. The number of hydrogen-bond donors (Lipinski definition) is 0. The lowest BCUT2D eigenvalue weighted by molar-refractivity contribution is -0.189. The molecule has 0 radical (unpaired) electrons. The zero-order valence-corrected chi connectivity index (χ0v) is 32.2. The van der Waals surface area contributed by atoms with E-state index in [-0.39, 0.29) is 39.6 Å². The lowest BCUT2D eigenvalue weighted by Crippen LogP contribution is -2.60. The van der Waals surface area contributed by atoms with Gasteiger partial charge in [0.1, 0.15) is 21.5 Å². The van der Waals surface area contributed by atoms with Crippen LogP contribution in [0, 0.1) is 28.0 Å². The summed E-state index contributed by atoms with van der Waals surface area (Å²) in [5, 5.41) is 0. The molecule has 0 amide bonds. The van der Waals surface area contributed by atoms with Crippen LogP contribution in [0.3, 0.4) is 0 Å². The monoisotopic (exact) mass is 985 g/mol. The van der Waals surface area contributed by atoms with E-state index in [4.69, 9.17) is 9.47 Å². The Bertz CT molecular complexity index is 1940. The minimum Gasteiger partial charge on any atom is -0.744 e. The summed E-state index contributed by atoms with van der Waals surface area (Å²) in [6.45, 7) is 0. The molecule has 4 saturated carbocycles. The van der Waals surface area contributed by atoms with Gasteiger partial charge >= 0.3 is 11.9 Å². The second kappa shape index (κ2) is 12.7. The molecule has 7 nitrogen and oxygen atoms in total. The van der Waals surface area contributed by atoms with Crippen molar-refractivity contribution in [2.24, 2.45) is 17.3 Å².